The van der Waals surface area contributed by atoms with Gasteiger partial charge in [0.1, 0.15) is 11.4 Å². The molecule has 0 bridgehead atoms. The molecule has 8 nitrogen and oxygen atoms in total. The number of amides is 1. The van der Waals surface area contributed by atoms with Crippen LogP contribution in [0.15, 0.2) is 42.5 Å². The molecule has 6 N–H and O–H groups in total. The number of ether oxygens (including phenoxy) is 1. The highest BCUT2D eigenvalue weighted by Crippen LogP contribution is 2.29. The summed E-state index contributed by atoms with van der Waals surface area (Å²) in [4.78, 5) is 11.9. The maximum absolute atomic E-state index is 12.3. The second kappa shape index (κ2) is 8.65. The Balaban J connectivity index is 1.75. The van der Waals surface area contributed by atoms with Crippen molar-refractivity contribution in [2.75, 3.05) is 10.6 Å². The summed E-state index contributed by atoms with van der Waals surface area (Å²) in [5.41, 5.74) is 6.71. The van der Waals surface area contributed by atoms with Gasteiger partial charge in [-0.3, -0.25) is 9.89 Å². The summed E-state index contributed by atoms with van der Waals surface area (Å²) in [6.45, 7) is -2.91. The number of phenols is 1. The van der Waals surface area contributed by atoms with Crippen LogP contribution in [0.5, 0.6) is 11.5 Å². The summed E-state index contributed by atoms with van der Waals surface area (Å²) in [7, 11) is 0. The summed E-state index contributed by atoms with van der Waals surface area (Å²) >= 11 is 5.95. The molecule has 1 amide bonds. The zero-order valence-electron chi connectivity index (χ0n) is 14.7. The first-order chi connectivity index (χ1) is 13.8. The molecule has 0 fully saturated rings. The van der Waals surface area contributed by atoms with Gasteiger partial charge in [0.15, 0.2) is 17.3 Å². The van der Waals surface area contributed by atoms with Gasteiger partial charge in [0.2, 0.25) is 0 Å². The van der Waals surface area contributed by atoms with Gasteiger partial charge in [0, 0.05) is 17.3 Å². The summed E-state index contributed by atoms with van der Waals surface area (Å²) < 4.78 is 28.7. The van der Waals surface area contributed by atoms with Crippen LogP contribution < -0.4 is 21.1 Å². The van der Waals surface area contributed by atoms with Crippen LogP contribution in [0, 0.1) is 0 Å². The van der Waals surface area contributed by atoms with Crippen LogP contribution in [0.1, 0.15) is 15.9 Å². The molecule has 29 heavy (non-hydrogen) atoms. The van der Waals surface area contributed by atoms with Crippen LogP contribution in [0.3, 0.4) is 0 Å². The minimum Gasteiger partial charge on any atom is -0.504 e. The van der Waals surface area contributed by atoms with Crippen molar-refractivity contribution >= 4 is 34.8 Å². The molecule has 2 aromatic carbocycles. The molecule has 3 rings (SSSR count). The Bertz CT molecular complexity index is 1030. The highest BCUT2D eigenvalue weighted by atomic mass is 35.5. The molecule has 0 radical (unpaired) electrons. The predicted molar refractivity (Wildman–Crippen MR) is 104 cm³/mol. The van der Waals surface area contributed by atoms with Gasteiger partial charge >= 0.3 is 6.61 Å². The average Bonchev–Trinajstić information content (AvgIpc) is 3.04. The molecule has 1 heterocycles. The van der Waals surface area contributed by atoms with Crippen molar-refractivity contribution in [2.24, 2.45) is 5.73 Å². The number of anilines is 3. The molecule has 0 atom stereocenters. The third-order valence-electron chi connectivity index (χ3n) is 3.81. The lowest BCUT2D eigenvalue weighted by molar-refractivity contribution is -0.0512. The fraction of sp³-hybridized carbons (Fsp3) is 0.111. The van der Waals surface area contributed by atoms with E-state index in [-0.39, 0.29) is 29.5 Å². The van der Waals surface area contributed by atoms with E-state index in [4.69, 9.17) is 17.3 Å². The van der Waals surface area contributed by atoms with Crippen LogP contribution >= 0.6 is 11.6 Å². The zero-order valence-corrected chi connectivity index (χ0v) is 15.5. The maximum Gasteiger partial charge on any atom is 0.387 e. The van der Waals surface area contributed by atoms with Gasteiger partial charge in [0.25, 0.3) is 5.91 Å². The number of aromatic nitrogens is 2. The van der Waals surface area contributed by atoms with Crippen molar-refractivity contribution in [1.29, 1.82) is 0 Å². The Labute approximate surface area is 168 Å². The van der Waals surface area contributed by atoms with Crippen LogP contribution in [0.2, 0.25) is 5.02 Å². The largest absolute Gasteiger partial charge is 0.504 e. The molecule has 1 aromatic heterocycles. The van der Waals surface area contributed by atoms with E-state index in [9.17, 15) is 18.7 Å². The number of nitrogens with two attached hydrogens (primary N) is 1. The number of carbonyl (C=O) groups is 1. The topological polar surface area (TPSA) is 125 Å². The first-order valence-corrected chi connectivity index (χ1v) is 8.62. The minimum absolute atomic E-state index is 0.0897. The number of benzene rings is 2. The minimum atomic E-state index is -3.04. The average molecular weight is 424 g/mol. The van der Waals surface area contributed by atoms with E-state index in [1.165, 1.54) is 18.2 Å². The first kappa shape index (κ1) is 20.2. The van der Waals surface area contributed by atoms with E-state index in [0.29, 0.717) is 16.3 Å². The monoisotopic (exact) mass is 423 g/mol. The summed E-state index contributed by atoms with van der Waals surface area (Å²) in [5, 5.41) is 22.9. The summed E-state index contributed by atoms with van der Waals surface area (Å²) in [6, 6.07) is 10.8. The van der Waals surface area contributed by atoms with E-state index >= 15 is 0 Å². The molecular formula is C18H16ClF2N5O3. The number of hydrogen-bond acceptors (Lipinski definition) is 6. The number of rotatable bonds is 8. The smallest absolute Gasteiger partial charge is 0.387 e. The van der Waals surface area contributed by atoms with E-state index in [0.717, 1.165) is 0 Å². The number of aromatic amines is 1. The SMILES string of the molecule is NC(=O)c1c(NCc2ccc(OC(F)F)c(O)c2)n[nH]c1Nc1cccc(Cl)c1. The quantitative estimate of drug-likeness (QED) is 0.375. The predicted octanol–water partition coefficient (Wildman–Crippen LogP) is 3.82. The maximum atomic E-state index is 12.3. The number of nitrogens with one attached hydrogen (secondary N) is 3. The summed E-state index contributed by atoms with van der Waals surface area (Å²) in [6.07, 6.45) is 0. The summed E-state index contributed by atoms with van der Waals surface area (Å²) in [5.74, 6) is -1.06. The molecular weight excluding hydrogens is 408 g/mol. The van der Waals surface area contributed by atoms with Gasteiger partial charge in [0.05, 0.1) is 0 Å². The van der Waals surface area contributed by atoms with Crippen molar-refractivity contribution in [3.8, 4) is 11.5 Å². The van der Waals surface area contributed by atoms with Crippen LogP contribution in [-0.2, 0) is 6.54 Å². The molecule has 0 saturated heterocycles. The van der Waals surface area contributed by atoms with Gasteiger partial charge in [-0.05, 0) is 35.9 Å². The molecule has 0 saturated carbocycles. The molecule has 0 aliphatic heterocycles. The fourth-order valence-electron chi connectivity index (χ4n) is 2.57. The number of carbonyl (C=O) groups excluding carboxylic acids is 1. The first-order valence-electron chi connectivity index (χ1n) is 8.25. The molecule has 0 aliphatic rings. The van der Waals surface area contributed by atoms with Crippen LogP contribution in [0.25, 0.3) is 0 Å². The molecule has 0 spiro atoms. The van der Waals surface area contributed by atoms with Crippen LogP contribution in [0.4, 0.5) is 26.1 Å². The zero-order chi connectivity index (χ0) is 21.0. The Morgan fingerprint density at radius 2 is 2.10 bits per heavy atom. The van der Waals surface area contributed by atoms with E-state index in [1.807, 2.05) is 0 Å². The lowest BCUT2D eigenvalue weighted by atomic mass is 10.2. The van der Waals surface area contributed by atoms with E-state index in [2.05, 4.69) is 25.6 Å². The number of phenolic OH excluding ortho intramolecular Hbond substituents is 1. The number of primary amides is 1. The molecule has 152 valence electrons. The standard InChI is InChI=1S/C18H16ClF2N5O3/c19-10-2-1-3-11(7-10)24-17-14(15(22)28)16(25-26-17)23-8-9-4-5-13(12(27)6-9)29-18(20)21/h1-7,18,27H,8H2,(H2,22,28)(H3,23,24,25,26). The van der Waals surface area contributed by atoms with Crippen molar-refractivity contribution in [3.63, 3.8) is 0 Å². The number of aromatic hydroxyl groups is 1. The van der Waals surface area contributed by atoms with Gasteiger partial charge < -0.3 is 26.2 Å². The van der Waals surface area contributed by atoms with Crippen molar-refractivity contribution in [3.05, 3.63) is 58.6 Å². The van der Waals surface area contributed by atoms with E-state index in [1.54, 1.807) is 24.3 Å². The number of H-pyrrole nitrogens is 1. The van der Waals surface area contributed by atoms with Crippen molar-refractivity contribution in [1.82, 2.24) is 10.2 Å². The van der Waals surface area contributed by atoms with Gasteiger partial charge in [-0.25, -0.2) is 0 Å². The highest BCUT2D eigenvalue weighted by molar-refractivity contribution is 6.30. The third kappa shape index (κ3) is 5.05. The Morgan fingerprint density at radius 1 is 1.31 bits per heavy atom. The Morgan fingerprint density at radius 3 is 2.76 bits per heavy atom. The van der Waals surface area contributed by atoms with Gasteiger partial charge in [-0.1, -0.05) is 23.7 Å². The van der Waals surface area contributed by atoms with Crippen molar-refractivity contribution < 1.29 is 23.4 Å². The second-order valence-corrected chi connectivity index (χ2v) is 6.29. The fourth-order valence-corrected chi connectivity index (χ4v) is 2.76. The molecule has 11 heteroatoms. The van der Waals surface area contributed by atoms with E-state index < -0.39 is 18.3 Å². The lowest BCUT2D eigenvalue weighted by Gasteiger charge is -2.10. The molecule has 0 unspecified atom stereocenters. The highest BCUT2D eigenvalue weighted by Gasteiger charge is 2.19. The van der Waals surface area contributed by atoms with Crippen molar-refractivity contribution in [2.45, 2.75) is 13.2 Å². The lowest BCUT2D eigenvalue weighted by Crippen LogP contribution is -2.15. The normalized spacial score (nSPS) is 10.8. The number of nitrogens with zero attached hydrogens (tertiary/aromatic N) is 1. The number of halogens is 3. The molecule has 0 aliphatic carbocycles. The Kier molecular flexibility index (Phi) is 6.03. The van der Waals surface area contributed by atoms with Gasteiger partial charge in [-0.15, -0.1) is 0 Å². The second-order valence-electron chi connectivity index (χ2n) is 5.86. The Hall–Kier alpha value is -3.53. The van der Waals surface area contributed by atoms with Crippen LogP contribution in [-0.4, -0.2) is 27.8 Å². The van der Waals surface area contributed by atoms with Gasteiger partial charge in [-0.2, -0.15) is 13.9 Å². The number of hydrogen-bond donors (Lipinski definition) is 5. The molecule has 3 aromatic rings. The third-order valence-corrected chi connectivity index (χ3v) is 4.04. The number of alkyl halides is 2.